The summed E-state index contributed by atoms with van der Waals surface area (Å²) in [7, 11) is 2.74. The van der Waals surface area contributed by atoms with Crippen LogP contribution in [0.25, 0.3) is 0 Å². The average molecular weight is 2120 g/mol. The monoisotopic (exact) mass is 2110 g/mol. The van der Waals surface area contributed by atoms with Crippen LogP contribution < -0.4 is 5.32 Å². The number of nitrogens with zero attached hydrogens (tertiary/aromatic N) is 5. The molecule has 4 aliphatic heterocycles. The highest BCUT2D eigenvalue weighted by atomic mass is 79.9. The van der Waals surface area contributed by atoms with E-state index >= 15 is 0 Å². The Kier molecular flexibility index (Phi) is 47.4. The number of thioether (sulfide) groups is 4. The van der Waals surface area contributed by atoms with Gasteiger partial charge in [-0.15, -0.1) is 59.7 Å². The van der Waals surface area contributed by atoms with Gasteiger partial charge in [-0.05, 0) is 269 Å². The summed E-state index contributed by atoms with van der Waals surface area (Å²) in [6.07, 6.45) is 0. The number of rotatable bonds is 23. The number of esters is 2. The SMILES string of the molecule is COC(=O)c1ccc(S)cc1.COC(=O)c1ccc(SCc2cccc(Cl)c2)cc1.Clc1cccc(CBr)c1.O=C(Cl)C(=O)Cl.O=C(Cl)c1ccc(SCc2cccc(Cl)c2)cc1.O=C(O)c1ccc(SCc2cccc(Cl)c2)cc1.O=C(c1ccccc1)N1CCN(C2CN(C(=O)c3ccc(SCc4cccc(Cl)c4)cc3)C2)CC1.O=C(c1ccccc1)N1CCN(C2CNC2)CC1. The summed E-state index contributed by atoms with van der Waals surface area (Å²) in [5, 5.41) is 14.0. The number of carbonyl (C=O) groups excluding carboxylic acids is 8. The van der Waals surface area contributed by atoms with E-state index in [1.165, 1.54) is 36.5 Å². The number of likely N-dealkylation sites (tertiary alicyclic amines) is 1. The number of halogens is 9. The van der Waals surface area contributed by atoms with E-state index in [0.29, 0.717) is 34.3 Å². The number of benzene rings is 12. The number of aromatic carboxylic acids is 1. The van der Waals surface area contributed by atoms with Crippen LogP contribution >= 0.6 is 168 Å². The van der Waals surface area contributed by atoms with Crippen molar-refractivity contribution >= 4 is 220 Å². The van der Waals surface area contributed by atoms with E-state index in [1.807, 2.05) is 251 Å². The summed E-state index contributed by atoms with van der Waals surface area (Å²) in [5.41, 5.74) is 10.1. The van der Waals surface area contributed by atoms with Crippen molar-refractivity contribution in [2.75, 3.05) is 92.8 Å². The molecule has 4 aliphatic rings. The number of thiol groups is 1. The number of alkyl halides is 1. The van der Waals surface area contributed by atoms with Gasteiger partial charge in [-0.25, -0.2) is 14.4 Å². The second-order valence-corrected chi connectivity index (χ2v) is 38.2. The maximum Gasteiger partial charge on any atom is 0.337 e. The van der Waals surface area contributed by atoms with Crippen LogP contribution in [0.3, 0.4) is 0 Å². The van der Waals surface area contributed by atoms with E-state index in [4.69, 9.17) is 74.7 Å². The molecule has 12 aromatic carbocycles. The van der Waals surface area contributed by atoms with Gasteiger partial charge < -0.3 is 34.6 Å². The molecule has 0 unspecified atom stereocenters. The molecule has 12 aromatic rings. The Morgan fingerprint density at radius 2 is 0.634 bits per heavy atom. The van der Waals surface area contributed by atoms with Crippen LogP contribution in [0, 0.1) is 0 Å². The van der Waals surface area contributed by atoms with Gasteiger partial charge in [-0.3, -0.25) is 38.6 Å². The highest BCUT2D eigenvalue weighted by Gasteiger charge is 2.37. The van der Waals surface area contributed by atoms with Crippen LogP contribution in [0.5, 0.6) is 0 Å². The minimum absolute atomic E-state index is 0.0885. The second-order valence-electron chi connectivity index (χ2n) is 29.8. The predicted molar refractivity (Wildman–Crippen MR) is 553 cm³/mol. The minimum Gasteiger partial charge on any atom is -0.478 e. The third kappa shape index (κ3) is 38.1. The summed E-state index contributed by atoms with van der Waals surface area (Å²) < 4.78 is 9.17. The van der Waals surface area contributed by atoms with Crippen molar-refractivity contribution in [2.24, 2.45) is 0 Å². The number of methoxy groups -OCH3 is 2. The van der Waals surface area contributed by atoms with Gasteiger partial charge in [0.05, 0.1) is 30.9 Å². The Balaban J connectivity index is 0.000000180. The van der Waals surface area contributed by atoms with E-state index in [-0.39, 0.29) is 29.7 Å². The van der Waals surface area contributed by atoms with Crippen LogP contribution in [0.15, 0.2) is 328 Å². The number of carboxylic acid groups (broad SMARTS) is 1. The van der Waals surface area contributed by atoms with Crippen molar-refractivity contribution in [3.63, 3.8) is 0 Å². The summed E-state index contributed by atoms with van der Waals surface area (Å²) in [5.74, 6) is 2.16. The van der Waals surface area contributed by atoms with Crippen molar-refractivity contribution in [3.8, 4) is 0 Å². The van der Waals surface area contributed by atoms with Gasteiger partial charge in [0, 0.05) is 191 Å². The molecule has 3 amide bonds. The first kappa shape index (κ1) is 109. The number of hydrogen-bond donors (Lipinski definition) is 3. The fraction of sp³-hybridized carbons (Fsp3) is 0.206. The molecule has 2 N–H and O–H groups in total. The van der Waals surface area contributed by atoms with Gasteiger partial charge in [0.2, 0.25) is 0 Å². The third-order valence-electron chi connectivity index (χ3n) is 20.4. The van der Waals surface area contributed by atoms with Crippen LogP contribution in [-0.2, 0) is 47.4 Å². The number of nitrogens with one attached hydrogen (secondary N) is 1. The van der Waals surface area contributed by atoms with E-state index in [0.717, 1.165) is 179 Å². The smallest absolute Gasteiger partial charge is 0.337 e. The topological polar surface area (TPSA) is 221 Å². The van der Waals surface area contributed by atoms with Gasteiger partial charge in [0.1, 0.15) is 0 Å². The first-order chi connectivity index (χ1) is 64.6. The van der Waals surface area contributed by atoms with Crippen molar-refractivity contribution < 1.29 is 57.7 Å². The molecule has 0 aliphatic carbocycles. The van der Waals surface area contributed by atoms with Crippen molar-refractivity contribution in [1.82, 2.24) is 29.8 Å². The molecule has 0 radical (unpaired) electrons. The second kappa shape index (κ2) is 58.5. The maximum atomic E-state index is 12.9. The predicted octanol–water partition coefficient (Wildman–Crippen LogP) is 24.6. The Labute approximate surface area is 852 Å². The molecule has 4 saturated heterocycles. The van der Waals surface area contributed by atoms with Crippen LogP contribution in [0.4, 0.5) is 0 Å². The lowest BCUT2D eigenvalue weighted by atomic mass is 10.0. The quantitative estimate of drug-likeness (QED) is 0.0135. The number of piperazine rings is 2. The van der Waals surface area contributed by atoms with Crippen molar-refractivity contribution in [3.05, 3.63) is 395 Å². The molecule has 0 spiro atoms. The number of hydrogen-bond acceptors (Lipinski definition) is 19. The first-order valence-corrected chi connectivity index (χ1v) is 50.3. The number of carbonyl (C=O) groups is 9. The zero-order valence-corrected chi connectivity index (χ0v) is 84.5. The molecule has 0 bridgehead atoms. The van der Waals surface area contributed by atoms with E-state index in [1.54, 1.807) is 108 Å². The summed E-state index contributed by atoms with van der Waals surface area (Å²) in [6.45, 7) is 10.6. The third-order valence-corrected chi connectivity index (χ3v) is 27.5. The molecule has 0 aromatic heterocycles. The lowest BCUT2D eigenvalue weighted by Gasteiger charge is -2.48. The Morgan fingerprint density at radius 3 is 0.918 bits per heavy atom. The molecule has 18 nitrogen and oxygen atoms in total. The fourth-order valence-electron chi connectivity index (χ4n) is 13.1. The molecule has 134 heavy (non-hydrogen) atoms. The first-order valence-electron chi connectivity index (χ1n) is 41.8. The molecule has 4 fully saturated rings. The van der Waals surface area contributed by atoms with E-state index in [9.17, 15) is 43.2 Å². The standard InChI is InChI=1S/C28H28ClN3O2S.C15H13ClO2S.C14H10Cl2OS.C14H11ClO2S.C14H19N3O.C8H8O2S.C7H6BrCl.C2Cl2O2/c29-24-8-4-5-21(17-24)20-35-26-11-9-23(10-12-26)28(34)32-18-25(19-32)30-13-15-31(16-14-30)27(33)22-6-2-1-3-7-22;1-18-15(17)12-5-7-14(8-6-12)19-10-11-3-2-4-13(16)9-11;2*15-12-3-1-2-10(8-12)9-18-13-6-4-11(5-7-13)14(16)17;18-14(12-4-2-1-3-5-12)17-8-6-16(7-9-17)13-10-15-11-13;1-10-8(9)6-2-4-7(11)5-3-6;8-5-6-2-1-3-7(9)4-6;3-1(5)2(4)6/h1-12,17,25H,13-16,18-20H2;2-9H,10H2,1H3;1-8H,9H2;1-8H,9H2,(H,16,17);1-5,13,15H,6-11H2;2-5,11H,1H3;1-4H,5H2;. The van der Waals surface area contributed by atoms with Gasteiger partial charge in [0.15, 0.2) is 0 Å². The molecule has 16 rings (SSSR count). The lowest BCUT2D eigenvalue weighted by molar-refractivity contribution is -0.127. The molecule has 0 atom stereocenters. The Morgan fingerprint density at radius 1 is 0.351 bits per heavy atom. The molecule has 0 saturated carbocycles. The number of amides is 3. The molecule has 4 heterocycles. The minimum atomic E-state index is -1.14. The summed E-state index contributed by atoms with van der Waals surface area (Å²) in [4.78, 5) is 116. The highest BCUT2D eigenvalue weighted by molar-refractivity contribution is 9.08. The van der Waals surface area contributed by atoms with Crippen molar-refractivity contribution in [2.45, 2.75) is 64.9 Å². The van der Waals surface area contributed by atoms with Gasteiger partial charge in [-0.1, -0.05) is 171 Å². The average Bonchev–Trinajstić information content (AvgIpc) is 0.787. The van der Waals surface area contributed by atoms with Gasteiger partial charge in [0.25, 0.3) is 23.0 Å². The van der Waals surface area contributed by atoms with Crippen LogP contribution in [0.2, 0.25) is 25.1 Å². The lowest BCUT2D eigenvalue weighted by Crippen LogP contribution is -2.64. The Bertz CT molecular complexity index is 5690. The molecular weight excluding hydrogens is 2030 g/mol. The molecule has 32 heteroatoms. The number of carboxylic acids is 1. The Hall–Kier alpha value is -9.10. The van der Waals surface area contributed by atoms with E-state index < -0.39 is 21.7 Å². The fourth-order valence-corrected chi connectivity index (χ4v) is 18.1. The number of ether oxygens (including phenoxy) is 2. The largest absolute Gasteiger partial charge is 0.478 e. The zero-order chi connectivity index (χ0) is 96.3. The maximum absolute atomic E-state index is 12.9. The van der Waals surface area contributed by atoms with Gasteiger partial charge in [-0.2, -0.15) is 0 Å². The van der Waals surface area contributed by atoms with E-state index in [2.05, 4.69) is 82.4 Å². The highest BCUT2D eigenvalue weighted by Crippen LogP contribution is 2.31. The van der Waals surface area contributed by atoms with Crippen molar-refractivity contribution in [1.29, 1.82) is 0 Å². The summed E-state index contributed by atoms with van der Waals surface area (Å²) >= 11 is 58.1. The van der Waals surface area contributed by atoms with Crippen LogP contribution in [-0.4, -0.2) is 186 Å². The van der Waals surface area contributed by atoms with Crippen LogP contribution in [0.1, 0.15) is 100 Å². The molecule has 698 valence electrons. The zero-order valence-electron chi connectivity index (χ0n) is 72.7. The normalized spacial score (nSPS) is 13.2. The van der Waals surface area contributed by atoms with Gasteiger partial charge >= 0.3 is 28.4 Å². The molecular formula is C102H95BrCl8N6O12S5. The summed E-state index contributed by atoms with van der Waals surface area (Å²) in [6, 6.07) is 95.3.